The molecule has 4 nitrogen and oxygen atoms in total. The van der Waals surface area contributed by atoms with Crippen LogP contribution >= 0.6 is 0 Å². The molecule has 0 aliphatic heterocycles. The molecule has 1 N–H and O–H groups in total. The molecular weight excluding hydrogens is 190 g/mol. The van der Waals surface area contributed by atoms with Crippen LogP contribution in [0.4, 0.5) is 5.82 Å². The van der Waals surface area contributed by atoms with Crippen LogP contribution in [-0.2, 0) is 13.1 Å². The molecule has 0 radical (unpaired) electrons. The van der Waals surface area contributed by atoms with Gasteiger partial charge in [0.1, 0.15) is 5.76 Å². The Hall–Kier alpha value is -1.71. The molecule has 2 rings (SSSR count). The van der Waals surface area contributed by atoms with Gasteiger partial charge in [-0.15, -0.1) is 0 Å². The SMILES string of the molecule is CCn1cc(C)c(NCc2ccco2)n1. The number of hydrogen-bond donors (Lipinski definition) is 1. The molecule has 0 aliphatic rings. The van der Waals surface area contributed by atoms with E-state index in [0.29, 0.717) is 6.54 Å². The summed E-state index contributed by atoms with van der Waals surface area (Å²) >= 11 is 0. The summed E-state index contributed by atoms with van der Waals surface area (Å²) in [5.74, 6) is 1.84. The van der Waals surface area contributed by atoms with Crippen LogP contribution in [0.2, 0.25) is 0 Å². The second-order valence-electron chi connectivity index (χ2n) is 3.45. The molecule has 0 spiro atoms. The van der Waals surface area contributed by atoms with Gasteiger partial charge in [0.2, 0.25) is 0 Å². The Morgan fingerprint density at radius 1 is 1.53 bits per heavy atom. The highest BCUT2D eigenvalue weighted by Crippen LogP contribution is 2.12. The summed E-state index contributed by atoms with van der Waals surface area (Å²) in [5.41, 5.74) is 1.16. The van der Waals surface area contributed by atoms with Crippen LogP contribution in [0.25, 0.3) is 0 Å². The van der Waals surface area contributed by atoms with Gasteiger partial charge in [0.05, 0.1) is 12.8 Å². The molecule has 4 heteroatoms. The fourth-order valence-electron chi connectivity index (χ4n) is 1.44. The van der Waals surface area contributed by atoms with E-state index < -0.39 is 0 Å². The average molecular weight is 205 g/mol. The highest BCUT2D eigenvalue weighted by atomic mass is 16.3. The van der Waals surface area contributed by atoms with Crippen molar-refractivity contribution >= 4 is 5.82 Å². The van der Waals surface area contributed by atoms with E-state index in [2.05, 4.69) is 17.3 Å². The van der Waals surface area contributed by atoms with Gasteiger partial charge >= 0.3 is 0 Å². The molecule has 0 saturated carbocycles. The molecular formula is C11H15N3O. The Bertz CT molecular complexity index is 417. The first-order valence-corrected chi connectivity index (χ1v) is 5.10. The van der Waals surface area contributed by atoms with E-state index in [9.17, 15) is 0 Å². The molecule has 15 heavy (non-hydrogen) atoms. The van der Waals surface area contributed by atoms with E-state index in [1.165, 1.54) is 0 Å². The molecule has 0 fully saturated rings. The van der Waals surface area contributed by atoms with E-state index in [4.69, 9.17) is 4.42 Å². The molecule has 0 unspecified atom stereocenters. The van der Waals surface area contributed by atoms with Gasteiger partial charge in [-0.2, -0.15) is 5.10 Å². The third-order valence-electron chi connectivity index (χ3n) is 2.28. The maximum atomic E-state index is 5.23. The number of furan rings is 1. The molecule has 0 aliphatic carbocycles. The zero-order chi connectivity index (χ0) is 10.7. The Morgan fingerprint density at radius 2 is 2.40 bits per heavy atom. The molecule has 2 aromatic rings. The van der Waals surface area contributed by atoms with Crippen LogP contribution in [0.5, 0.6) is 0 Å². The zero-order valence-corrected chi connectivity index (χ0v) is 9.03. The van der Waals surface area contributed by atoms with Crippen molar-refractivity contribution in [1.82, 2.24) is 9.78 Å². The molecule has 2 aromatic heterocycles. The van der Waals surface area contributed by atoms with Crippen molar-refractivity contribution in [2.24, 2.45) is 0 Å². The van der Waals surface area contributed by atoms with E-state index in [1.54, 1.807) is 6.26 Å². The van der Waals surface area contributed by atoms with E-state index in [1.807, 2.05) is 29.9 Å². The lowest BCUT2D eigenvalue weighted by atomic mass is 10.3. The third-order valence-corrected chi connectivity index (χ3v) is 2.28. The van der Waals surface area contributed by atoms with Gasteiger partial charge < -0.3 is 9.73 Å². The van der Waals surface area contributed by atoms with Crippen LogP contribution in [0.15, 0.2) is 29.0 Å². The van der Waals surface area contributed by atoms with Crippen molar-refractivity contribution in [2.45, 2.75) is 26.9 Å². The summed E-state index contributed by atoms with van der Waals surface area (Å²) in [6, 6.07) is 3.83. The lowest BCUT2D eigenvalue weighted by Crippen LogP contribution is -2.01. The fourth-order valence-corrected chi connectivity index (χ4v) is 1.44. The largest absolute Gasteiger partial charge is 0.467 e. The molecule has 0 bridgehead atoms. The maximum Gasteiger partial charge on any atom is 0.151 e. The number of hydrogen-bond acceptors (Lipinski definition) is 3. The quantitative estimate of drug-likeness (QED) is 0.833. The van der Waals surface area contributed by atoms with Gasteiger partial charge in [0.25, 0.3) is 0 Å². The summed E-state index contributed by atoms with van der Waals surface area (Å²) in [6.45, 7) is 5.68. The summed E-state index contributed by atoms with van der Waals surface area (Å²) < 4.78 is 7.15. The number of rotatable bonds is 4. The molecule has 0 atom stereocenters. The Balaban J connectivity index is 2.01. The predicted molar refractivity (Wildman–Crippen MR) is 58.7 cm³/mol. The first-order chi connectivity index (χ1) is 7.29. The normalized spacial score (nSPS) is 10.5. The third kappa shape index (κ3) is 2.21. The Labute approximate surface area is 88.9 Å². The first-order valence-electron chi connectivity index (χ1n) is 5.10. The van der Waals surface area contributed by atoms with Crippen molar-refractivity contribution in [1.29, 1.82) is 0 Å². The summed E-state index contributed by atoms with van der Waals surface area (Å²) in [6.07, 6.45) is 3.71. The lowest BCUT2D eigenvalue weighted by Gasteiger charge is -2.00. The van der Waals surface area contributed by atoms with Crippen LogP contribution in [0.1, 0.15) is 18.2 Å². The van der Waals surface area contributed by atoms with Crippen LogP contribution in [0, 0.1) is 6.92 Å². The fraction of sp³-hybridized carbons (Fsp3) is 0.364. The molecule has 80 valence electrons. The summed E-state index contributed by atoms with van der Waals surface area (Å²) in [7, 11) is 0. The number of anilines is 1. The van der Waals surface area contributed by atoms with Gasteiger partial charge in [-0.1, -0.05) is 0 Å². The first kappa shape index (κ1) is 9.83. The highest BCUT2D eigenvalue weighted by Gasteiger charge is 2.04. The second kappa shape index (κ2) is 4.21. The molecule has 0 saturated heterocycles. The van der Waals surface area contributed by atoms with Crippen LogP contribution in [-0.4, -0.2) is 9.78 Å². The number of aryl methyl sites for hydroxylation is 2. The highest BCUT2D eigenvalue weighted by molar-refractivity contribution is 5.41. The Morgan fingerprint density at radius 3 is 3.00 bits per heavy atom. The average Bonchev–Trinajstić information content (AvgIpc) is 2.84. The van der Waals surface area contributed by atoms with E-state index in [0.717, 1.165) is 23.7 Å². The van der Waals surface area contributed by atoms with Gasteiger partial charge in [-0.3, -0.25) is 4.68 Å². The van der Waals surface area contributed by atoms with Crippen molar-refractivity contribution in [2.75, 3.05) is 5.32 Å². The monoisotopic (exact) mass is 205 g/mol. The zero-order valence-electron chi connectivity index (χ0n) is 9.03. The standard InChI is InChI=1S/C11H15N3O/c1-3-14-8-9(2)11(13-14)12-7-10-5-4-6-15-10/h4-6,8H,3,7H2,1-2H3,(H,12,13). The van der Waals surface area contributed by atoms with Crippen molar-refractivity contribution < 1.29 is 4.42 Å². The Kier molecular flexibility index (Phi) is 2.76. The maximum absolute atomic E-state index is 5.23. The lowest BCUT2D eigenvalue weighted by molar-refractivity contribution is 0.517. The van der Waals surface area contributed by atoms with Gasteiger partial charge in [0.15, 0.2) is 5.82 Å². The minimum Gasteiger partial charge on any atom is -0.467 e. The molecule has 0 aromatic carbocycles. The van der Waals surface area contributed by atoms with Crippen LogP contribution in [0.3, 0.4) is 0 Å². The molecule has 0 amide bonds. The number of nitrogens with zero attached hydrogens (tertiary/aromatic N) is 2. The van der Waals surface area contributed by atoms with Crippen molar-refractivity contribution in [3.05, 3.63) is 35.9 Å². The summed E-state index contributed by atoms with van der Waals surface area (Å²) in [4.78, 5) is 0. The van der Waals surface area contributed by atoms with Crippen molar-refractivity contribution in [3.8, 4) is 0 Å². The number of nitrogens with one attached hydrogen (secondary N) is 1. The number of aromatic nitrogens is 2. The molecule has 2 heterocycles. The van der Waals surface area contributed by atoms with E-state index >= 15 is 0 Å². The second-order valence-corrected chi connectivity index (χ2v) is 3.45. The summed E-state index contributed by atoms with van der Waals surface area (Å²) in [5, 5.41) is 7.64. The van der Waals surface area contributed by atoms with Crippen LogP contribution < -0.4 is 5.32 Å². The van der Waals surface area contributed by atoms with E-state index in [-0.39, 0.29) is 0 Å². The van der Waals surface area contributed by atoms with Gasteiger partial charge in [-0.05, 0) is 26.0 Å². The minimum atomic E-state index is 0.675. The topological polar surface area (TPSA) is 43.0 Å². The van der Waals surface area contributed by atoms with Crippen molar-refractivity contribution in [3.63, 3.8) is 0 Å². The predicted octanol–water partition coefficient (Wildman–Crippen LogP) is 2.42. The van der Waals surface area contributed by atoms with Gasteiger partial charge in [-0.25, -0.2) is 0 Å². The minimum absolute atomic E-state index is 0.675. The smallest absolute Gasteiger partial charge is 0.151 e. The van der Waals surface area contributed by atoms with Gasteiger partial charge in [0, 0.05) is 18.3 Å².